The summed E-state index contributed by atoms with van der Waals surface area (Å²) in [5, 5.41) is 0. The van der Waals surface area contributed by atoms with Crippen LogP contribution in [0.3, 0.4) is 0 Å². The Kier molecular flexibility index (Phi) is 4.94. The molecule has 0 saturated carbocycles. The van der Waals surface area contributed by atoms with Gasteiger partial charge in [-0.15, -0.1) is 0 Å². The molecule has 1 saturated heterocycles. The van der Waals surface area contributed by atoms with Crippen LogP contribution in [-0.4, -0.2) is 28.2 Å². The minimum Gasteiger partial charge on any atom is -0.381 e. The molecule has 1 fully saturated rings. The number of sulfonamides is 1. The zero-order valence-corrected chi connectivity index (χ0v) is 12.6. The van der Waals surface area contributed by atoms with Gasteiger partial charge in [0.15, 0.2) is 0 Å². The highest BCUT2D eigenvalue weighted by molar-refractivity contribution is 9.10. The Morgan fingerprint density at radius 1 is 1.37 bits per heavy atom. The van der Waals surface area contributed by atoms with Crippen LogP contribution in [-0.2, 0) is 14.8 Å². The molecule has 0 bridgehead atoms. The van der Waals surface area contributed by atoms with Crippen LogP contribution >= 0.6 is 15.9 Å². The molecule has 19 heavy (non-hydrogen) atoms. The molecule has 0 radical (unpaired) electrons. The molecule has 0 atom stereocenters. The summed E-state index contributed by atoms with van der Waals surface area (Å²) in [5.74, 6) is -0.308. The lowest BCUT2D eigenvalue weighted by Crippen LogP contribution is -2.32. The number of nitrogens with one attached hydrogen (secondary N) is 1. The minimum absolute atomic E-state index is 0.0553. The van der Waals surface area contributed by atoms with E-state index in [2.05, 4.69) is 20.7 Å². The van der Waals surface area contributed by atoms with E-state index in [9.17, 15) is 12.8 Å². The largest absolute Gasteiger partial charge is 0.381 e. The maximum atomic E-state index is 13.3. The van der Waals surface area contributed by atoms with Crippen molar-refractivity contribution in [2.45, 2.75) is 17.7 Å². The van der Waals surface area contributed by atoms with Crippen molar-refractivity contribution in [1.29, 1.82) is 0 Å². The van der Waals surface area contributed by atoms with E-state index in [1.165, 1.54) is 12.1 Å². The molecule has 0 aromatic heterocycles. The molecule has 7 heteroatoms. The predicted octanol–water partition coefficient (Wildman–Crippen LogP) is 2.29. The Morgan fingerprint density at radius 3 is 2.68 bits per heavy atom. The molecule has 1 aromatic rings. The number of benzene rings is 1. The molecule has 0 aliphatic carbocycles. The molecular formula is C12H15BrFNO3S. The van der Waals surface area contributed by atoms with E-state index in [1.54, 1.807) is 0 Å². The maximum absolute atomic E-state index is 13.3. The quantitative estimate of drug-likeness (QED) is 0.905. The Morgan fingerprint density at radius 2 is 2.05 bits per heavy atom. The average Bonchev–Trinajstić information content (AvgIpc) is 2.41. The fourth-order valence-corrected chi connectivity index (χ4v) is 3.28. The van der Waals surface area contributed by atoms with Crippen LogP contribution in [0.25, 0.3) is 0 Å². The van der Waals surface area contributed by atoms with Crippen molar-refractivity contribution in [3.8, 4) is 0 Å². The van der Waals surface area contributed by atoms with Gasteiger partial charge in [0.25, 0.3) is 0 Å². The van der Waals surface area contributed by atoms with Crippen molar-refractivity contribution in [1.82, 2.24) is 4.72 Å². The van der Waals surface area contributed by atoms with Crippen molar-refractivity contribution in [3.05, 3.63) is 28.5 Å². The molecule has 1 heterocycles. The Labute approximate surface area is 120 Å². The molecule has 1 aliphatic rings. The smallest absolute Gasteiger partial charge is 0.240 e. The number of ether oxygens (including phenoxy) is 1. The van der Waals surface area contributed by atoms with Crippen LogP contribution in [0, 0.1) is 11.7 Å². The van der Waals surface area contributed by atoms with Gasteiger partial charge in [-0.25, -0.2) is 17.5 Å². The van der Waals surface area contributed by atoms with Gasteiger partial charge >= 0.3 is 0 Å². The first-order valence-electron chi connectivity index (χ1n) is 6.01. The van der Waals surface area contributed by atoms with Crippen molar-refractivity contribution in [2.75, 3.05) is 19.8 Å². The first-order chi connectivity index (χ1) is 8.99. The molecule has 106 valence electrons. The SMILES string of the molecule is O=S(=O)(NCC1CCOCC1)c1ccc(Br)c(F)c1. The Balaban J connectivity index is 2.02. The van der Waals surface area contributed by atoms with Gasteiger partial charge in [-0.3, -0.25) is 0 Å². The lowest BCUT2D eigenvalue weighted by atomic mass is 10.0. The van der Waals surface area contributed by atoms with Crippen molar-refractivity contribution >= 4 is 26.0 Å². The van der Waals surface area contributed by atoms with Crippen molar-refractivity contribution in [2.24, 2.45) is 5.92 Å². The van der Waals surface area contributed by atoms with Crippen molar-refractivity contribution < 1.29 is 17.5 Å². The third-order valence-corrected chi connectivity index (χ3v) is 5.17. The van der Waals surface area contributed by atoms with Gasteiger partial charge in [-0.1, -0.05) is 0 Å². The van der Waals surface area contributed by atoms with Crippen LogP contribution < -0.4 is 4.72 Å². The van der Waals surface area contributed by atoms with Crippen LogP contribution in [0.2, 0.25) is 0 Å². The van der Waals surface area contributed by atoms with Gasteiger partial charge in [0.05, 0.1) is 9.37 Å². The highest BCUT2D eigenvalue weighted by atomic mass is 79.9. The lowest BCUT2D eigenvalue weighted by molar-refractivity contribution is 0.0678. The molecule has 0 amide bonds. The maximum Gasteiger partial charge on any atom is 0.240 e. The summed E-state index contributed by atoms with van der Waals surface area (Å²) in [7, 11) is -3.65. The summed E-state index contributed by atoms with van der Waals surface area (Å²) >= 11 is 2.99. The van der Waals surface area contributed by atoms with Crippen molar-refractivity contribution in [3.63, 3.8) is 0 Å². The van der Waals surface area contributed by atoms with E-state index in [0.29, 0.717) is 19.8 Å². The van der Waals surface area contributed by atoms with E-state index in [1.807, 2.05) is 0 Å². The summed E-state index contributed by atoms with van der Waals surface area (Å²) in [6.45, 7) is 1.70. The van der Waals surface area contributed by atoms with Gasteiger partial charge in [0, 0.05) is 19.8 Å². The molecule has 1 aromatic carbocycles. The van der Waals surface area contributed by atoms with Gasteiger partial charge in [-0.2, -0.15) is 0 Å². The van der Waals surface area contributed by atoms with E-state index in [4.69, 9.17) is 4.74 Å². The third kappa shape index (κ3) is 3.98. The highest BCUT2D eigenvalue weighted by Crippen LogP contribution is 2.20. The highest BCUT2D eigenvalue weighted by Gasteiger charge is 2.19. The molecule has 2 rings (SSSR count). The lowest BCUT2D eigenvalue weighted by Gasteiger charge is -2.22. The molecule has 4 nitrogen and oxygen atoms in total. The summed E-state index contributed by atoms with van der Waals surface area (Å²) in [6, 6.07) is 3.77. The predicted molar refractivity (Wildman–Crippen MR) is 72.8 cm³/mol. The average molecular weight is 352 g/mol. The van der Waals surface area contributed by atoms with Gasteiger partial charge < -0.3 is 4.74 Å². The summed E-state index contributed by atoms with van der Waals surface area (Å²) in [6.07, 6.45) is 1.69. The number of hydrogen-bond acceptors (Lipinski definition) is 3. The zero-order valence-electron chi connectivity index (χ0n) is 10.2. The summed E-state index contributed by atoms with van der Waals surface area (Å²) in [4.78, 5) is -0.0553. The fourth-order valence-electron chi connectivity index (χ4n) is 1.91. The molecule has 0 unspecified atom stereocenters. The van der Waals surface area contributed by atoms with Crippen LogP contribution in [0.15, 0.2) is 27.6 Å². The fraction of sp³-hybridized carbons (Fsp3) is 0.500. The van der Waals surface area contributed by atoms with Gasteiger partial charge in [-0.05, 0) is 52.9 Å². The Hall–Kier alpha value is -0.500. The van der Waals surface area contributed by atoms with E-state index in [0.717, 1.165) is 18.9 Å². The van der Waals surface area contributed by atoms with E-state index >= 15 is 0 Å². The van der Waals surface area contributed by atoms with Crippen LogP contribution in [0.1, 0.15) is 12.8 Å². The van der Waals surface area contributed by atoms with Gasteiger partial charge in [0.1, 0.15) is 5.82 Å². The zero-order chi connectivity index (χ0) is 13.9. The summed E-state index contributed by atoms with van der Waals surface area (Å²) < 4.78 is 45.4. The number of halogens is 2. The second-order valence-corrected chi connectivity index (χ2v) is 7.10. The first kappa shape index (κ1) is 14.9. The number of hydrogen-bond donors (Lipinski definition) is 1. The normalized spacial score (nSPS) is 17.6. The van der Waals surface area contributed by atoms with Crippen LogP contribution in [0.5, 0.6) is 0 Å². The van der Waals surface area contributed by atoms with E-state index < -0.39 is 15.8 Å². The third-order valence-electron chi connectivity index (χ3n) is 3.10. The molecule has 1 N–H and O–H groups in total. The number of rotatable bonds is 4. The van der Waals surface area contributed by atoms with Gasteiger partial charge in [0.2, 0.25) is 10.0 Å². The topological polar surface area (TPSA) is 55.4 Å². The first-order valence-corrected chi connectivity index (χ1v) is 8.29. The standard InChI is InChI=1S/C12H15BrFNO3S/c13-11-2-1-10(7-12(11)14)19(16,17)15-8-9-3-5-18-6-4-9/h1-2,7,9,15H,3-6,8H2. The minimum atomic E-state index is -3.65. The summed E-state index contributed by atoms with van der Waals surface area (Å²) in [5.41, 5.74) is 0. The molecule has 0 spiro atoms. The second-order valence-electron chi connectivity index (χ2n) is 4.48. The van der Waals surface area contributed by atoms with Crippen LogP contribution in [0.4, 0.5) is 4.39 Å². The van der Waals surface area contributed by atoms with E-state index in [-0.39, 0.29) is 15.3 Å². The molecular weight excluding hydrogens is 337 g/mol. The second kappa shape index (κ2) is 6.30. The monoisotopic (exact) mass is 351 g/mol. The molecule has 1 aliphatic heterocycles. The Bertz CT molecular complexity index is 544.